The Balaban J connectivity index is 2.26. The lowest BCUT2D eigenvalue weighted by molar-refractivity contribution is -0.139. The van der Waals surface area contributed by atoms with Crippen molar-refractivity contribution in [2.45, 2.75) is 6.92 Å². The number of aliphatic carboxylic acids is 1. The van der Waals surface area contributed by atoms with Crippen LogP contribution in [0.1, 0.15) is 12.5 Å². The van der Waals surface area contributed by atoms with Gasteiger partial charge >= 0.3 is 5.97 Å². The lowest BCUT2D eigenvalue weighted by Crippen LogP contribution is -2.21. The van der Waals surface area contributed by atoms with E-state index in [4.69, 9.17) is 26.8 Å². The van der Waals surface area contributed by atoms with Crippen molar-refractivity contribution < 1.29 is 24.2 Å². The third-order valence-corrected chi connectivity index (χ3v) is 5.47. The molecular weight excluding hydrogens is 350 g/mol. The first-order chi connectivity index (χ1) is 11.4. The van der Waals surface area contributed by atoms with Crippen LogP contribution >= 0.6 is 12.2 Å². The number of rotatable bonds is 6. The van der Waals surface area contributed by atoms with Gasteiger partial charge in [-0.2, -0.15) is 4.86 Å². The van der Waals surface area contributed by atoms with E-state index in [2.05, 4.69) is 5.32 Å². The number of allylic oxidation sites excluding steroid dienone is 1. The van der Waals surface area contributed by atoms with Crippen molar-refractivity contribution in [3.63, 3.8) is 0 Å². The number of carboxylic acids is 1. The van der Waals surface area contributed by atoms with Crippen molar-refractivity contribution in [2.24, 2.45) is 0 Å². The number of thiocarbonyl (C=S) groups is 1. The Kier molecular flexibility index (Phi) is 5.99. The van der Waals surface area contributed by atoms with Crippen molar-refractivity contribution in [1.82, 2.24) is 5.32 Å². The highest BCUT2D eigenvalue weighted by Gasteiger charge is 2.07. The summed E-state index contributed by atoms with van der Waals surface area (Å²) in [5.41, 5.74) is 0.809. The first-order valence-electron chi connectivity index (χ1n) is 6.88. The van der Waals surface area contributed by atoms with Crippen LogP contribution in [0.15, 0.2) is 24.3 Å². The zero-order chi connectivity index (χ0) is 17.7. The topological polar surface area (TPSA) is 84.9 Å². The highest BCUT2D eigenvalue weighted by atomic mass is 32.2. The molecule has 1 aromatic carbocycles. The van der Waals surface area contributed by atoms with E-state index in [1.165, 1.54) is 7.11 Å². The molecule has 0 aliphatic carbocycles. The van der Waals surface area contributed by atoms with Gasteiger partial charge in [0, 0.05) is 0 Å². The minimum absolute atomic E-state index is 0.176. The molecular formula is C16H16NO5S2-. The van der Waals surface area contributed by atoms with E-state index in [0.29, 0.717) is 15.8 Å². The Morgan fingerprint density at radius 1 is 1.42 bits per heavy atom. The number of hydrogen-bond acceptors (Lipinski definition) is 6. The molecule has 0 aromatic heterocycles. The van der Waals surface area contributed by atoms with Gasteiger partial charge in [-0.1, -0.05) is 37.4 Å². The second kappa shape index (κ2) is 7.98. The molecule has 128 valence electrons. The molecule has 1 aromatic rings. The van der Waals surface area contributed by atoms with Crippen molar-refractivity contribution in [3.8, 4) is 11.5 Å². The molecule has 0 bridgehead atoms. The number of carbonyl (C=O) groups excluding carboxylic acids is 1. The largest absolute Gasteiger partial charge is 0.493 e. The maximum Gasteiger partial charge on any atom is 0.341 e. The Morgan fingerprint density at radius 2 is 2.17 bits per heavy atom. The number of nitrogens with one attached hydrogen (secondary N) is 1. The van der Waals surface area contributed by atoms with E-state index in [-0.39, 0.29) is 5.91 Å². The summed E-state index contributed by atoms with van der Waals surface area (Å²) in [6, 6.07) is 5.21. The zero-order valence-electron chi connectivity index (χ0n) is 13.1. The van der Waals surface area contributed by atoms with Gasteiger partial charge in [-0.3, -0.25) is 4.79 Å². The Morgan fingerprint density at radius 3 is 2.75 bits per heavy atom. The summed E-state index contributed by atoms with van der Waals surface area (Å²) in [6.45, 7) is 1.45. The van der Waals surface area contributed by atoms with E-state index < -0.39 is 22.6 Å². The number of ether oxygens (including phenoxy) is 2. The van der Waals surface area contributed by atoms with Crippen LogP contribution in [-0.2, 0) is 19.7 Å². The van der Waals surface area contributed by atoms with Crippen molar-refractivity contribution in [3.05, 3.63) is 29.8 Å². The van der Waals surface area contributed by atoms with Gasteiger partial charge in [0.15, 0.2) is 18.1 Å². The van der Waals surface area contributed by atoms with Crippen LogP contribution in [0.3, 0.4) is 0 Å². The average molecular weight is 366 g/mol. The molecule has 0 atom stereocenters. The maximum absolute atomic E-state index is 11.3. The van der Waals surface area contributed by atoms with Gasteiger partial charge in [-0.15, -0.1) is 5.37 Å². The highest BCUT2D eigenvalue weighted by Crippen LogP contribution is 2.28. The van der Waals surface area contributed by atoms with Crippen molar-refractivity contribution in [2.75, 3.05) is 13.7 Å². The molecule has 1 heterocycles. The second-order valence-corrected chi connectivity index (χ2v) is 7.40. The molecule has 0 fully saturated rings. The van der Waals surface area contributed by atoms with E-state index in [1.807, 2.05) is 25.1 Å². The Labute approximate surface area is 146 Å². The molecule has 0 spiro atoms. The fourth-order valence-electron chi connectivity index (χ4n) is 1.92. The van der Waals surface area contributed by atoms with Gasteiger partial charge in [0.05, 0.1) is 7.11 Å². The maximum atomic E-state index is 11.3. The standard InChI is InChI=1S/C16H16NO5S2/c1-10(24-9-14(18)17-16(24)23)3-4-11-5-6-12(21-2)13(7-11)22-8-15(19)20/h3-7,9H,8H2,1-2H3,(H,19,20)(H,17,18,23)/q-1. The molecule has 6 nitrogen and oxygen atoms in total. The molecule has 2 N–H and O–H groups in total. The summed E-state index contributed by atoms with van der Waals surface area (Å²) in [5.74, 6) is -0.436. The molecule has 0 radical (unpaired) electrons. The van der Waals surface area contributed by atoms with Gasteiger partial charge in [0.1, 0.15) is 0 Å². The van der Waals surface area contributed by atoms with Crippen LogP contribution < -0.4 is 14.8 Å². The first kappa shape index (κ1) is 18.0. The monoisotopic (exact) mass is 366 g/mol. The number of carbonyl (C=O) groups is 2. The fraction of sp³-hybridized carbons (Fsp3) is 0.188. The average Bonchev–Trinajstić information content (AvgIpc) is 2.89. The summed E-state index contributed by atoms with van der Waals surface area (Å²) >= 11 is 5.14. The highest BCUT2D eigenvalue weighted by molar-refractivity contribution is 8.19. The van der Waals surface area contributed by atoms with Gasteiger partial charge < -0.3 is 30.0 Å². The molecule has 24 heavy (non-hydrogen) atoms. The zero-order valence-corrected chi connectivity index (χ0v) is 14.7. The molecule has 0 saturated carbocycles. The fourth-order valence-corrected chi connectivity index (χ4v) is 3.84. The molecule has 0 saturated heterocycles. The summed E-state index contributed by atoms with van der Waals surface area (Å²) in [5, 5.41) is 12.9. The molecule has 2 rings (SSSR count). The second-order valence-electron chi connectivity index (χ2n) is 4.77. The number of carboxylic acid groups (broad SMARTS) is 1. The van der Waals surface area contributed by atoms with Crippen molar-refractivity contribution >= 4 is 54.8 Å². The lowest BCUT2D eigenvalue weighted by atomic mass is 10.2. The lowest BCUT2D eigenvalue weighted by Gasteiger charge is -2.11. The van der Waals surface area contributed by atoms with Gasteiger partial charge in [0.25, 0.3) is 0 Å². The van der Waals surface area contributed by atoms with Gasteiger partial charge in [-0.25, -0.2) is 4.79 Å². The van der Waals surface area contributed by atoms with Gasteiger partial charge in [0.2, 0.25) is 5.91 Å². The minimum atomic E-state index is -1.06. The van der Waals surface area contributed by atoms with Crippen LogP contribution in [0.5, 0.6) is 11.5 Å². The van der Waals surface area contributed by atoms with E-state index in [0.717, 1.165) is 10.4 Å². The smallest absolute Gasteiger partial charge is 0.341 e. The van der Waals surface area contributed by atoms with E-state index >= 15 is 0 Å². The van der Waals surface area contributed by atoms with Crippen LogP contribution in [0, 0.1) is 0 Å². The first-order valence-corrected chi connectivity index (χ1v) is 8.57. The molecule has 1 aliphatic rings. The van der Waals surface area contributed by atoms with Gasteiger partial charge in [-0.05, 0) is 22.0 Å². The molecule has 8 heteroatoms. The molecule has 0 unspecified atom stereocenters. The minimum Gasteiger partial charge on any atom is -0.493 e. The van der Waals surface area contributed by atoms with E-state index in [9.17, 15) is 9.59 Å². The van der Waals surface area contributed by atoms with E-state index in [1.54, 1.807) is 17.5 Å². The summed E-state index contributed by atoms with van der Waals surface area (Å²) in [6.07, 6.45) is 3.71. The van der Waals surface area contributed by atoms with Crippen LogP contribution in [0.25, 0.3) is 6.08 Å². The molecule has 1 amide bonds. The SMILES string of the molecule is COc1ccc(C=CC(C)=[S-]2=CC(=O)NC2=S)cc1OCC(=O)O. The van der Waals surface area contributed by atoms with Crippen molar-refractivity contribution in [1.29, 1.82) is 0 Å². The Hall–Kier alpha value is -2.32. The van der Waals surface area contributed by atoms with Crippen LogP contribution in [-0.4, -0.2) is 45.3 Å². The number of benzene rings is 1. The molecule has 1 aliphatic heterocycles. The Bertz CT molecular complexity index is 820. The number of amides is 1. The van der Waals surface area contributed by atoms with Crippen LogP contribution in [0.2, 0.25) is 0 Å². The van der Waals surface area contributed by atoms with Crippen LogP contribution in [0.4, 0.5) is 0 Å². The predicted octanol–water partition coefficient (Wildman–Crippen LogP) is 1.20. The number of methoxy groups -OCH3 is 1. The number of hydrogen-bond donors (Lipinski definition) is 2. The predicted molar refractivity (Wildman–Crippen MR) is 100 cm³/mol. The summed E-state index contributed by atoms with van der Waals surface area (Å²) in [4.78, 5) is 22.9. The third-order valence-electron chi connectivity index (χ3n) is 3.05. The normalized spacial score (nSPS) is 17.4. The summed E-state index contributed by atoms with van der Waals surface area (Å²) < 4.78 is 10.9. The third kappa shape index (κ3) is 4.59. The summed E-state index contributed by atoms with van der Waals surface area (Å²) in [7, 11) is 0.985. The quantitative estimate of drug-likeness (QED) is 0.447.